The van der Waals surface area contributed by atoms with Crippen molar-refractivity contribution in [1.82, 2.24) is 24.0 Å². The number of rotatable bonds is 10. The number of β-amino-alcohol motifs (C(OH)–C–C–N with tert-alkyl or cyclic N) is 1. The highest BCUT2D eigenvalue weighted by molar-refractivity contribution is 6.40. The fraction of sp³-hybridized carbons (Fsp3) is 0.500. The molecule has 2 aromatic carbocycles. The maximum absolute atomic E-state index is 13.8. The van der Waals surface area contributed by atoms with E-state index in [-0.39, 0.29) is 17.6 Å². The van der Waals surface area contributed by atoms with Crippen molar-refractivity contribution in [3.05, 3.63) is 80.9 Å². The number of amides is 2. The van der Waals surface area contributed by atoms with Gasteiger partial charge in [-0.2, -0.15) is 0 Å². The Bertz CT molecular complexity index is 2120. The van der Waals surface area contributed by atoms with Gasteiger partial charge in [0.15, 0.2) is 11.6 Å². The van der Waals surface area contributed by atoms with Crippen LogP contribution in [0.25, 0.3) is 11.1 Å². The average Bonchev–Trinajstić information content (AvgIpc) is 3.65. The third kappa shape index (κ3) is 8.54. The Hall–Kier alpha value is -4.23. The van der Waals surface area contributed by atoms with Crippen LogP contribution in [-0.2, 0) is 44.7 Å². The summed E-state index contributed by atoms with van der Waals surface area (Å²) in [5.74, 6) is 0.173. The van der Waals surface area contributed by atoms with Crippen LogP contribution in [0.5, 0.6) is 0 Å². The quantitative estimate of drug-likeness (QED) is 0.128. The van der Waals surface area contributed by atoms with Crippen molar-refractivity contribution >= 4 is 52.4 Å². The number of carboxylic acid groups (broad SMARTS) is 1. The van der Waals surface area contributed by atoms with Crippen molar-refractivity contribution < 1.29 is 24.6 Å². The Labute approximate surface area is 337 Å². The van der Waals surface area contributed by atoms with Gasteiger partial charge in [0.1, 0.15) is 0 Å². The highest BCUT2D eigenvalue weighted by Gasteiger charge is 2.30. The second-order valence-corrected chi connectivity index (χ2v) is 16.7. The van der Waals surface area contributed by atoms with Crippen LogP contribution < -0.4 is 10.6 Å². The molecule has 0 spiro atoms. The van der Waals surface area contributed by atoms with Crippen LogP contribution in [-0.4, -0.2) is 71.2 Å². The molecule has 1 unspecified atom stereocenters. The van der Waals surface area contributed by atoms with Crippen molar-refractivity contribution in [2.45, 2.75) is 90.2 Å². The summed E-state index contributed by atoms with van der Waals surface area (Å²) in [6, 6.07) is 10.7. The predicted molar refractivity (Wildman–Crippen MR) is 217 cm³/mol. The number of aryl methyl sites for hydroxylation is 1. The van der Waals surface area contributed by atoms with Crippen LogP contribution in [0.4, 0.5) is 11.4 Å². The molecule has 298 valence electrons. The van der Waals surface area contributed by atoms with Gasteiger partial charge in [-0.05, 0) is 88.7 Å². The van der Waals surface area contributed by atoms with E-state index in [0.717, 1.165) is 99.9 Å². The topological polar surface area (TPSA) is 155 Å². The van der Waals surface area contributed by atoms with Gasteiger partial charge in [-0.1, -0.05) is 53.9 Å². The number of carbonyl (C=O) groups is 3. The molecule has 1 fully saturated rings. The van der Waals surface area contributed by atoms with E-state index >= 15 is 0 Å². The van der Waals surface area contributed by atoms with E-state index in [0.29, 0.717) is 63.3 Å². The Morgan fingerprint density at radius 3 is 1.91 bits per heavy atom. The Morgan fingerprint density at radius 1 is 0.786 bits per heavy atom. The molecule has 14 heteroatoms. The van der Waals surface area contributed by atoms with Crippen LogP contribution in [0.1, 0.15) is 102 Å². The summed E-state index contributed by atoms with van der Waals surface area (Å²) in [5.41, 5.74) is 5.86. The molecule has 2 amide bonds. The van der Waals surface area contributed by atoms with Gasteiger partial charge in [-0.25, -0.2) is 9.97 Å². The number of anilines is 2. The fourth-order valence-corrected chi connectivity index (χ4v) is 9.59. The highest BCUT2D eigenvalue weighted by Crippen LogP contribution is 2.41. The first-order valence-corrected chi connectivity index (χ1v) is 20.6. The molecule has 4 N–H and O–H groups in total. The number of carbonyl (C=O) groups excluding carboxylic acids is 2. The molecule has 56 heavy (non-hydrogen) atoms. The normalized spacial score (nSPS) is 20.6. The smallest absolute Gasteiger partial charge is 0.306 e. The van der Waals surface area contributed by atoms with Crippen molar-refractivity contribution in [2.75, 3.05) is 23.7 Å². The number of carboxylic acids is 1. The van der Waals surface area contributed by atoms with Crippen molar-refractivity contribution in [1.29, 1.82) is 0 Å². The van der Waals surface area contributed by atoms with Crippen LogP contribution in [0, 0.1) is 17.8 Å². The lowest BCUT2D eigenvalue weighted by Crippen LogP contribution is -2.36. The zero-order chi connectivity index (χ0) is 39.7. The number of halogens is 2. The number of fused-ring (bicyclic) bond motifs is 2. The predicted octanol–water partition coefficient (Wildman–Crippen LogP) is 7.54. The summed E-state index contributed by atoms with van der Waals surface area (Å²) in [6.45, 7) is 3.64. The number of aromatic nitrogens is 4. The first-order chi connectivity index (χ1) is 26.9. The van der Waals surface area contributed by atoms with E-state index in [4.69, 9.17) is 28.2 Å². The second-order valence-electron chi connectivity index (χ2n) is 15.9. The minimum Gasteiger partial charge on any atom is -0.481 e. The van der Waals surface area contributed by atoms with Crippen LogP contribution >= 0.6 is 23.2 Å². The van der Waals surface area contributed by atoms with Gasteiger partial charge < -0.3 is 30.0 Å². The number of hydrogen-bond acceptors (Lipinski definition) is 7. The molecule has 7 rings (SSSR count). The van der Waals surface area contributed by atoms with Crippen molar-refractivity contribution in [2.24, 2.45) is 31.8 Å². The number of imidazole rings is 2. The van der Waals surface area contributed by atoms with E-state index in [2.05, 4.69) is 20.5 Å². The molecule has 0 bridgehead atoms. The summed E-state index contributed by atoms with van der Waals surface area (Å²) in [6.07, 6.45) is 9.75. The molecule has 2 aliphatic carbocycles. The van der Waals surface area contributed by atoms with E-state index in [1.807, 2.05) is 35.4 Å². The standard InChI is InChI=1S/C42H51Cl2N7O5/c1-24(52)22-51-20-19-35-33(23-51)46-39(50(35)3)41(54)48-32-12-6-9-29(37(32)44)28-8-5-11-31(36(28)43)47-40(53)38-45-30-10-4-7-25(15-18-34(30)49(38)2)21-26-13-16-27(17-14-26)42(55)56/h5-6,8-9,11-12,24-27,52H,4,7,10,13-23H2,1-3H3,(H,47,53)(H,48,54)(H,55,56)/t24-,25?,26?,27?/m1/s1. The lowest BCUT2D eigenvalue weighted by atomic mass is 9.76. The van der Waals surface area contributed by atoms with Gasteiger partial charge in [0, 0.05) is 62.7 Å². The third-order valence-corrected chi connectivity index (χ3v) is 12.8. The van der Waals surface area contributed by atoms with Gasteiger partial charge >= 0.3 is 5.97 Å². The Balaban J connectivity index is 1.02. The molecule has 2 aromatic heterocycles. The number of aliphatic hydroxyl groups is 1. The lowest BCUT2D eigenvalue weighted by molar-refractivity contribution is -0.143. The van der Waals surface area contributed by atoms with Gasteiger partial charge in [-0.3, -0.25) is 19.3 Å². The Kier molecular flexibility index (Phi) is 12.2. The number of nitrogens with zero attached hydrogens (tertiary/aromatic N) is 5. The van der Waals surface area contributed by atoms with Gasteiger partial charge in [0.2, 0.25) is 0 Å². The van der Waals surface area contributed by atoms with E-state index in [9.17, 15) is 24.6 Å². The number of aliphatic hydroxyl groups excluding tert-OH is 1. The molecule has 1 aliphatic heterocycles. The second kappa shape index (κ2) is 17.1. The molecule has 0 saturated heterocycles. The van der Waals surface area contributed by atoms with Crippen LogP contribution in [0.3, 0.4) is 0 Å². The molecule has 3 heterocycles. The van der Waals surface area contributed by atoms with Crippen molar-refractivity contribution in [3.8, 4) is 11.1 Å². The summed E-state index contributed by atoms with van der Waals surface area (Å²) >= 11 is 13.9. The summed E-state index contributed by atoms with van der Waals surface area (Å²) in [7, 11) is 3.73. The number of aliphatic carboxylic acids is 1. The minimum atomic E-state index is -0.659. The fourth-order valence-electron chi connectivity index (χ4n) is 9.04. The zero-order valence-electron chi connectivity index (χ0n) is 32.3. The first-order valence-electron chi connectivity index (χ1n) is 19.8. The number of benzene rings is 2. The monoisotopic (exact) mass is 803 g/mol. The Morgan fingerprint density at radius 2 is 1.34 bits per heavy atom. The first kappa shape index (κ1) is 40.0. The van der Waals surface area contributed by atoms with Crippen molar-refractivity contribution in [3.63, 3.8) is 0 Å². The van der Waals surface area contributed by atoms with E-state index in [1.165, 1.54) is 0 Å². The average molecular weight is 805 g/mol. The van der Waals surface area contributed by atoms with Crippen LogP contribution in [0.2, 0.25) is 10.0 Å². The van der Waals surface area contributed by atoms with Gasteiger partial charge in [0.05, 0.1) is 44.8 Å². The molecule has 4 aromatic rings. The minimum absolute atomic E-state index is 0.189. The van der Waals surface area contributed by atoms with Crippen LogP contribution in [0.15, 0.2) is 36.4 Å². The molecule has 2 atom stereocenters. The molecular formula is C42H51Cl2N7O5. The molecule has 12 nitrogen and oxygen atoms in total. The summed E-state index contributed by atoms with van der Waals surface area (Å²) in [5, 5.41) is 25.7. The molecule has 1 saturated carbocycles. The summed E-state index contributed by atoms with van der Waals surface area (Å²) in [4.78, 5) is 50.3. The van der Waals surface area contributed by atoms with Gasteiger partial charge in [-0.15, -0.1) is 0 Å². The largest absolute Gasteiger partial charge is 0.481 e. The highest BCUT2D eigenvalue weighted by atomic mass is 35.5. The number of hydrogen-bond donors (Lipinski definition) is 4. The summed E-state index contributed by atoms with van der Waals surface area (Å²) < 4.78 is 3.73. The third-order valence-electron chi connectivity index (χ3n) is 12.0. The zero-order valence-corrected chi connectivity index (χ0v) is 33.8. The molecule has 0 radical (unpaired) electrons. The maximum Gasteiger partial charge on any atom is 0.306 e. The SMILES string of the molecule is C[C@@H](O)CN1CCc2c(nc(C(=O)Nc3cccc(-c4cccc(NC(=O)c5nc6c(n5C)CCC(CC5CCC(C(=O)O)CC5)CCC6)c4Cl)c3Cl)n2C)C1. The molecule has 3 aliphatic rings. The lowest BCUT2D eigenvalue weighted by Gasteiger charge is -2.30. The molecular weight excluding hydrogens is 753 g/mol. The van der Waals surface area contributed by atoms with E-state index in [1.54, 1.807) is 31.2 Å². The number of nitrogens with one attached hydrogen (secondary N) is 2. The van der Waals surface area contributed by atoms with Gasteiger partial charge in [0.25, 0.3) is 11.8 Å². The maximum atomic E-state index is 13.8. The van der Waals surface area contributed by atoms with E-state index < -0.39 is 18.0 Å².